The Bertz CT molecular complexity index is 504. The molecule has 4 N–H and O–H groups in total. The number of nitrogens with two attached hydrogens (primary N) is 2. The number of anilines is 1. The fourth-order valence-electron chi connectivity index (χ4n) is 1.42. The van der Waals surface area contributed by atoms with Crippen LogP contribution in [0.15, 0.2) is 18.3 Å². The molecule has 0 saturated carbocycles. The van der Waals surface area contributed by atoms with E-state index in [0.717, 1.165) is 5.52 Å². The summed E-state index contributed by atoms with van der Waals surface area (Å²) in [5.41, 5.74) is 12.2. The maximum atomic E-state index is 10.7. The van der Waals surface area contributed by atoms with E-state index in [0.29, 0.717) is 18.1 Å². The Balaban J connectivity index is 2.40. The normalized spacial score (nSPS) is 10.7. The van der Waals surface area contributed by atoms with Crippen LogP contribution in [0, 0.1) is 0 Å². The third kappa shape index (κ3) is 1.74. The molecule has 0 atom stereocenters. The van der Waals surface area contributed by atoms with E-state index < -0.39 is 0 Å². The number of hydrogen-bond acceptors (Lipinski definition) is 4. The molecule has 1 amide bonds. The zero-order valence-corrected chi connectivity index (χ0v) is 8.05. The van der Waals surface area contributed by atoms with Crippen molar-refractivity contribution in [2.24, 2.45) is 5.73 Å². The van der Waals surface area contributed by atoms with E-state index in [-0.39, 0.29) is 12.3 Å². The number of primary amides is 1. The summed E-state index contributed by atoms with van der Waals surface area (Å²) in [5, 5.41) is 0. The zero-order chi connectivity index (χ0) is 10.8. The lowest BCUT2D eigenvalue weighted by molar-refractivity contribution is -0.118. The van der Waals surface area contributed by atoms with Crippen molar-refractivity contribution in [1.29, 1.82) is 0 Å². The van der Waals surface area contributed by atoms with E-state index in [9.17, 15) is 4.79 Å². The van der Waals surface area contributed by atoms with Gasteiger partial charge in [0.05, 0.1) is 0 Å². The molecule has 6 heteroatoms. The van der Waals surface area contributed by atoms with Crippen LogP contribution in [0.2, 0.25) is 0 Å². The Labute approximate surface area is 85.9 Å². The fourth-order valence-corrected chi connectivity index (χ4v) is 1.42. The Morgan fingerprint density at radius 3 is 3.07 bits per heavy atom. The third-order valence-electron chi connectivity index (χ3n) is 2.12. The fraction of sp³-hybridized carbons (Fsp3) is 0.222. The first kappa shape index (κ1) is 9.45. The summed E-state index contributed by atoms with van der Waals surface area (Å²) in [6.07, 6.45) is 1.89. The van der Waals surface area contributed by atoms with Crippen LogP contribution < -0.4 is 11.5 Å². The monoisotopic (exact) mass is 205 g/mol. The molecule has 6 nitrogen and oxygen atoms in total. The maximum absolute atomic E-state index is 10.7. The van der Waals surface area contributed by atoms with Gasteiger partial charge in [0.15, 0.2) is 5.65 Å². The summed E-state index contributed by atoms with van der Waals surface area (Å²) >= 11 is 0. The molecular formula is C9H11N5O. The minimum atomic E-state index is -0.368. The van der Waals surface area contributed by atoms with E-state index in [1.165, 1.54) is 0 Å². The number of pyridine rings is 1. The number of carbonyl (C=O) groups excluding carboxylic acids is 1. The topological polar surface area (TPSA) is 99.8 Å². The number of nitrogens with zero attached hydrogens (tertiary/aromatic N) is 3. The van der Waals surface area contributed by atoms with Crippen LogP contribution in [0.3, 0.4) is 0 Å². The summed E-state index contributed by atoms with van der Waals surface area (Å²) in [5.74, 6) is -0.0165. The standard InChI is InChI=1S/C9H11N5O/c10-7(15)3-5-14-8-6(13-9(14)11)2-1-4-12-8/h1-2,4H,3,5H2,(H2,10,15)(H2,11,13). The van der Waals surface area contributed by atoms with Crippen LogP contribution in [-0.2, 0) is 11.3 Å². The van der Waals surface area contributed by atoms with E-state index in [1.807, 2.05) is 6.07 Å². The van der Waals surface area contributed by atoms with Gasteiger partial charge in [0.2, 0.25) is 11.9 Å². The highest BCUT2D eigenvalue weighted by Gasteiger charge is 2.08. The number of fused-ring (bicyclic) bond motifs is 1. The molecule has 0 aliphatic carbocycles. The van der Waals surface area contributed by atoms with Crippen molar-refractivity contribution in [3.63, 3.8) is 0 Å². The average Bonchev–Trinajstić information content (AvgIpc) is 2.50. The number of carbonyl (C=O) groups is 1. The van der Waals surface area contributed by atoms with Crippen LogP contribution in [-0.4, -0.2) is 20.4 Å². The van der Waals surface area contributed by atoms with Crippen LogP contribution in [0.25, 0.3) is 11.2 Å². The molecule has 2 heterocycles. The second-order valence-electron chi connectivity index (χ2n) is 3.18. The predicted molar refractivity (Wildman–Crippen MR) is 55.8 cm³/mol. The number of rotatable bonds is 3. The molecule has 0 fully saturated rings. The quantitative estimate of drug-likeness (QED) is 0.730. The molecule has 0 spiro atoms. The van der Waals surface area contributed by atoms with Gasteiger partial charge in [-0.15, -0.1) is 0 Å². The minimum absolute atomic E-state index is 0.228. The van der Waals surface area contributed by atoms with Crippen molar-refractivity contribution >= 4 is 23.0 Å². The average molecular weight is 205 g/mol. The number of hydrogen-bond donors (Lipinski definition) is 2. The molecule has 0 unspecified atom stereocenters. The lowest BCUT2D eigenvalue weighted by Gasteiger charge is -2.02. The molecule has 0 bridgehead atoms. The van der Waals surface area contributed by atoms with Gasteiger partial charge in [0, 0.05) is 19.2 Å². The van der Waals surface area contributed by atoms with Crippen molar-refractivity contribution in [2.45, 2.75) is 13.0 Å². The number of aromatic nitrogens is 3. The number of amides is 1. The highest BCUT2D eigenvalue weighted by Crippen LogP contribution is 2.14. The molecule has 0 aliphatic heterocycles. The lowest BCUT2D eigenvalue weighted by atomic mass is 10.4. The Hall–Kier alpha value is -2.11. The van der Waals surface area contributed by atoms with Crippen LogP contribution in [0.1, 0.15) is 6.42 Å². The Kier molecular flexibility index (Phi) is 2.24. The van der Waals surface area contributed by atoms with E-state index in [2.05, 4.69) is 9.97 Å². The molecule has 0 aromatic carbocycles. The van der Waals surface area contributed by atoms with Crippen molar-refractivity contribution in [1.82, 2.24) is 14.5 Å². The van der Waals surface area contributed by atoms with Crippen molar-refractivity contribution in [2.75, 3.05) is 5.73 Å². The number of nitrogen functional groups attached to an aromatic ring is 1. The molecule has 78 valence electrons. The summed E-state index contributed by atoms with van der Waals surface area (Å²) in [7, 11) is 0. The zero-order valence-electron chi connectivity index (χ0n) is 8.05. The number of aryl methyl sites for hydroxylation is 1. The van der Waals surface area contributed by atoms with Gasteiger partial charge < -0.3 is 11.5 Å². The third-order valence-corrected chi connectivity index (χ3v) is 2.12. The van der Waals surface area contributed by atoms with Gasteiger partial charge in [-0.05, 0) is 12.1 Å². The molecule has 15 heavy (non-hydrogen) atoms. The van der Waals surface area contributed by atoms with Crippen molar-refractivity contribution in [3.05, 3.63) is 18.3 Å². The minimum Gasteiger partial charge on any atom is -0.370 e. The Morgan fingerprint density at radius 1 is 1.53 bits per heavy atom. The second-order valence-corrected chi connectivity index (χ2v) is 3.18. The smallest absolute Gasteiger partial charge is 0.219 e. The molecule has 2 aromatic rings. The Morgan fingerprint density at radius 2 is 2.33 bits per heavy atom. The van der Waals surface area contributed by atoms with Crippen molar-refractivity contribution < 1.29 is 4.79 Å². The van der Waals surface area contributed by atoms with Gasteiger partial charge >= 0.3 is 0 Å². The van der Waals surface area contributed by atoms with Gasteiger partial charge in [-0.3, -0.25) is 9.36 Å². The second kappa shape index (κ2) is 3.56. The highest BCUT2D eigenvalue weighted by atomic mass is 16.1. The highest BCUT2D eigenvalue weighted by molar-refractivity contribution is 5.76. The van der Waals surface area contributed by atoms with Gasteiger partial charge in [0.25, 0.3) is 0 Å². The molecule has 0 radical (unpaired) electrons. The summed E-state index contributed by atoms with van der Waals surface area (Å²) in [6.45, 7) is 0.411. The van der Waals surface area contributed by atoms with Gasteiger partial charge in [-0.1, -0.05) is 0 Å². The first-order valence-electron chi connectivity index (χ1n) is 4.53. The van der Waals surface area contributed by atoms with E-state index >= 15 is 0 Å². The predicted octanol–water partition coefficient (Wildman–Crippen LogP) is -0.111. The van der Waals surface area contributed by atoms with Crippen LogP contribution in [0.4, 0.5) is 5.95 Å². The number of imidazole rings is 1. The van der Waals surface area contributed by atoms with Gasteiger partial charge in [0.1, 0.15) is 5.52 Å². The van der Waals surface area contributed by atoms with Gasteiger partial charge in [-0.2, -0.15) is 0 Å². The van der Waals surface area contributed by atoms with Crippen LogP contribution in [0.5, 0.6) is 0 Å². The first-order valence-corrected chi connectivity index (χ1v) is 4.53. The molecule has 0 saturated heterocycles. The van der Waals surface area contributed by atoms with Gasteiger partial charge in [-0.25, -0.2) is 9.97 Å². The summed E-state index contributed by atoms with van der Waals surface area (Å²) < 4.78 is 1.68. The molecule has 2 aromatic heterocycles. The largest absolute Gasteiger partial charge is 0.370 e. The summed E-state index contributed by atoms with van der Waals surface area (Å²) in [6, 6.07) is 3.60. The lowest BCUT2D eigenvalue weighted by Crippen LogP contribution is -2.15. The molecular weight excluding hydrogens is 194 g/mol. The van der Waals surface area contributed by atoms with E-state index in [1.54, 1.807) is 16.8 Å². The summed E-state index contributed by atoms with van der Waals surface area (Å²) in [4.78, 5) is 18.9. The molecule has 2 rings (SSSR count). The maximum Gasteiger partial charge on any atom is 0.219 e. The molecule has 0 aliphatic rings. The van der Waals surface area contributed by atoms with Crippen LogP contribution >= 0.6 is 0 Å². The van der Waals surface area contributed by atoms with E-state index in [4.69, 9.17) is 11.5 Å². The first-order chi connectivity index (χ1) is 7.18. The van der Waals surface area contributed by atoms with Crippen molar-refractivity contribution in [3.8, 4) is 0 Å². The SMILES string of the molecule is NC(=O)CCn1c(N)nc2cccnc21.